The van der Waals surface area contributed by atoms with E-state index in [4.69, 9.17) is 0 Å². The van der Waals surface area contributed by atoms with Crippen molar-refractivity contribution in [2.75, 3.05) is 26.2 Å². The van der Waals surface area contributed by atoms with Crippen molar-refractivity contribution < 1.29 is 26.8 Å². The second kappa shape index (κ2) is 9.65. The predicted molar refractivity (Wildman–Crippen MR) is 111 cm³/mol. The first-order valence-corrected chi connectivity index (χ1v) is 11.5. The van der Waals surface area contributed by atoms with Gasteiger partial charge in [-0.05, 0) is 30.2 Å². The summed E-state index contributed by atoms with van der Waals surface area (Å²) in [5.74, 6) is -2.69. The monoisotopic (exact) mass is 450 g/mol. The Morgan fingerprint density at radius 3 is 2.13 bits per heavy atom. The van der Waals surface area contributed by atoms with Crippen LogP contribution in [0.4, 0.5) is 8.78 Å². The zero-order valence-electron chi connectivity index (χ0n) is 17.2. The molecule has 2 aromatic rings. The van der Waals surface area contributed by atoms with E-state index in [-0.39, 0.29) is 55.6 Å². The molecule has 0 aromatic heterocycles. The minimum Gasteiger partial charge on any atom is -0.340 e. The standard InChI is InChI=1S/C22H24F2N2O4S/c1-2-16-3-5-17(6-4-16)21(27)9-10-22(28)25-11-13-26(14-12-25)31(29,30)18-7-8-19(23)20(24)15-18/h3-8,15H,2,9-14H2,1H3. The molecule has 3 rings (SSSR count). The largest absolute Gasteiger partial charge is 0.340 e. The van der Waals surface area contributed by atoms with Crippen molar-refractivity contribution in [1.29, 1.82) is 0 Å². The van der Waals surface area contributed by atoms with E-state index in [9.17, 15) is 26.8 Å². The van der Waals surface area contributed by atoms with Crippen molar-refractivity contribution in [1.82, 2.24) is 9.21 Å². The number of ketones is 1. The number of piperazine rings is 1. The van der Waals surface area contributed by atoms with E-state index in [0.29, 0.717) is 11.6 Å². The summed E-state index contributed by atoms with van der Waals surface area (Å²) in [6.45, 7) is 2.44. The molecule has 2 aromatic carbocycles. The van der Waals surface area contributed by atoms with E-state index in [1.54, 1.807) is 12.1 Å². The second-order valence-electron chi connectivity index (χ2n) is 7.33. The van der Waals surface area contributed by atoms with E-state index in [0.717, 1.165) is 28.4 Å². The fraction of sp³-hybridized carbons (Fsp3) is 0.364. The molecule has 0 aliphatic carbocycles. The molecule has 1 aliphatic rings. The lowest BCUT2D eigenvalue weighted by Crippen LogP contribution is -2.50. The number of rotatable bonds is 7. The maximum absolute atomic E-state index is 13.4. The minimum absolute atomic E-state index is 0.0412. The number of amides is 1. The molecule has 1 saturated heterocycles. The highest BCUT2D eigenvalue weighted by Gasteiger charge is 2.30. The summed E-state index contributed by atoms with van der Waals surface area (Å²) < 4.78 is 52.9. The lowest BCUT2D eigenvalue weighted by Gasteiger charge is -2.34. The molecule has 0 saturated carbocycles. The van der Waals surface area contributed by atoms with Crippen LogP contribution in [-0.4, -0.2) is 55.5 Å². The average Bonchev–Trinajstić information content (AvgIpc) is 2.79. The van der Waals surface area contributed by atoms with Crippen LogP contribution in [0.2, 0.25) is 0 Å². The third kappa shape index (κ3) is 5.34. The molecular formula is C22H24F2N2O4S. The maximum Gasteiger partial charge on any atom is 0.243 e. The molecule has 6 nitrogen and oxygen atoms in total. The normalized spacial score (nSPS) is 15.1. The molecular weight excluding hydrogens is 426 g/mol. The van der Waals surface area contributed by atoms with Crippen molar-refractivity contribution >= 4 is 21.7 Å². The van der Waals surface area contributed by atoms with Crippen LogP contribution in [0, 0.1) is 11.6 Å². The van der Waals surface area contributed by atoms with Gasteiger partial charge in [-0.15, -0.1) is 0 Å². The van der Waals surface area contributed by atoms with Crippen LogP contribution in [0.1, 0.15) is 35.7 Å². The Morgan fingerprint density at radius 1 is 0.903 bits per heavy atom. The van der Waals surface area contributed by atoms with E-state index in [2.05, 4.69) is 0 Å². The second-order valence-corrected chi connectivity index (χ2v) is 9.27. The Hall–Kier alpha value is -2.65. The van der Waals surface area contributed by atoms with Crippen LogP contribution in [0.5, 0.6) is 0 Å². The molecule has 31 heavy (non-hydrogen) atoms. The smallest absolute Gasteiger partial charge is 0.243 e. The molecule has 1 amide bonds. The van der Waals surface area contributed by atoms with Crippen LogP contribution in [0.25, 0.3) is 0 Å². The number of benzene rings is 2. The van der Waals surface area contributed by atoms with Crippen LogP contribution >= 0.6 is 0 Å². The molecule has 0 unspecified atom stereocenters. The van der Waals surface area contributed by atoms with Gasteiger partial charge >= 0.3 is 0 Å². The first-order chi connectivity index (χ1) is 14.7. The Balaban J connectivity index is 1.53. The number of halogens is 2. The minimum atomic E-state index is -3.98. The third-order valence-corrected chi connectivity index (χ3v) is 7.26. The number of carbonyl (C=O) groups excluding carboxylic acids is 2. The lowest BCUT2D eigenvalue weighted by atomic mass is 10.0. The molecule has 1 heterocycles. The van der Waals surface area contributed by atoms with Crippen LogP contribution in [0.3, 0.4) is 0 Å². The highest BCUT2D eigenvalue weighted by molar-refractivity contribution is 7.89. The van der Waals surface area contributed by atoms with Gasteiger partial charge < -0.3 is 4.90 Å². The zero-order valence-corrected chi connectivity index (χ0v) is 18.0. The van der Waals surface area contributed by atoms with Crippen LogP contribution in [-0.2, 0) is 21.2 Å². The fourth-order valence-electron chi connectivity index (χ4n) is 3.41. The number of hydrogen-bond donors (Lipinski definition) is 0. The highest BCUT2D eigenvalue weighted by Crippen LogP contribution is 2.20. The first kappa shape index (κ1) is 23.0. The predicted octanol–water partition coefficient (Wildman–Crippen LogP) is 3.02. The Bertz CT molecular complexity index is 1060. The summed E-state index contributed by atoms with van der Waals surface area (Å²) in [6.07, 6.45) is 1.01. The number of carbonyl (C=O) groups is 2. The molecule has 0 spiro atoms. The lowest BCUT2D eigenvalue weighted by molar-refractivity contribution is -0.132. The van der Waals surface area contributed by atoms with Gasteiger partial charge in [-0.2, -0.15) is 4.31 Å². The molecule has 166 valence electrons. The summed E-state index contributed by atoms with van der Waals surface area (Å²) >= 11 is 0. The Labute approximate surface area is 180 Å². The summed E-state index contributed by atoms with van der Waals surface area (Å²) in [4.78, 5) is 26.0. The van der Waals surface area contributed by atoms with Gasteiger partial charge in [0, 0.05) is 44.6 Å². The van der Waals surface area contributed by atoms with E-state index < -0.39 is 21.7 Å². The quantitative estimate of drug-likeness (QED) is 0.608. The number of sulfonamides is 1. The molecule has 0 atom stereocenters. The number of Topliss-reactive ketones (excluding diaryl/α,β-unsaturated/α-hetero) is 1. The van der Waals surface area contributed by atoms with Crippen molar-refractivity contribution in [3.63, 3.8) is 0 Å². The van der Waals surface area contributed by atoms with Crippen LogP contribution in [0.15, 0.2) is 47.4 Å². The zero-order chi connectivity index (χ0) is 22.6. The average molecular weight is 451 g/mol. The third-order valence-electron chi connectivity index (χ3n) is 5.37. The van der Waals surface area contributed by atoms with Gasteiger partial charge in [0.1, 0.15) is 0 Å². The summed E-state index contributed by atoms with van der Waals surface area (Å²) in [5, 5.41) is 0. The van der Waals surface area contributed by atoms with Gasteiger partial charge in [-0.1, -0.05) is 31.2 Å². The summed E-state index contributed by atoms with van der Waals surface area (Å²) in [5.41, 5.74) is 1.69. The number of nitrogens with zero attached hydrogens (tertiary/aromatic N) is 2. The molecule has 1 aliphatic heterocycles. The fourth-order valence-corrected chi connectivity index (χ4v) is 4.85. The number of hydrogen-bond acceptors (Lipinski definition) is 4. The highest BCUT2D eigenvalue weighted by atomic mass is 32.2. The van der Waals surface area contributed by atoms with E-state index in [1.165, 1.54) is 4.90 Å². The van der Waals surface area contributed by atoms with Gasteiger partial charge in [-0.3, -0.25) is 9.59 Å². The molecule has 0 radical (unpaired) electrons. The first-order valence-electron chi connectivity index (χ1n) is 10.1. The van der Waals surface area contributed by atoms with E-state index in [1.807, 2.05) is 19.1 Å². The summed E-state index contributed by atoms with van der Waals surface area (Å²) in [7, 11) is -3.98. The SMILES string of the molecule is CCc1ccc(C(=O)CCC(=O)N2CCN(S(=O)(=O)c3ccc(F)c(F)c3)CC2)cc1. The maximum atomic E-state index is 13.4. The molecule has 0 bridgehead atoms. The topological polar surface area (TPSA) is 74.8 Å². The Morgan fingerprint density at radius 2 is 1.55 bits per heavy atom. The van der Waals surface area contributed by atoms with Crippen molar-refractivity contribution in [3.05, 3.63) is 65.2 Å². The molecule has 0 N–H and O–H groups in total. The molecule has 9 heteroatoms. The van der Waals surface area contributed by atoms with Crippen LogP contribution < -0.4 is 0 Å². The van der Waals surface area contributed by atoms with Gasteiger partial charge in [-0.25, -0.2) is 17.2 Å². The summed E-state index contributed by atoms with van der Waals surface area (Å²) in [6, 6.07) is 9.74. The van der Waals surface area contributed by atoms with Gasteiger partial charge in [0.05, 0.1) is 4.90 Å². The van der Waals surface area contributed by atoms with Gasteiger partial charge in [0.2, 0.25) is 15.9 Å². The van der Waals surface area contributed by atoms with Crippen molar-refractivity contribution in [2.45, 2.75) is 31.1 Å². The van der Waals surface area contributed by atoms with Crippen molar-refractivity contribution in [2.24, 2.45) is 0 Å². The number of aryl methyl sites for hydroxylation is 1. The molecule has 1 fully saturated rings. The van der Waals surface area contributed by atoms with Gasteiger partial charge in [0.25, 0.3) is 0 Å². The van der Waals surface area contributed by atoms with Crippen molar-refractivity contribution in [3.8, 4) is 0 Å². The van der Waals surface area contributed by atoms with E-state index >= 15 is 0 Å². The Kier molecular flexibility index (Phi) is 7.17. The van der Waals surface area contributed by atoms with Gasteiger partial charge in [0.15, 0.2) is 17.4 Å².